The highest BCUT2D eigenvalue weighted by molar-refractivity contribution is 9.10. The quantitative estimate of drug-likeness (QED) is 0.827. The van der Waals surface area contributed by atoms with Crippen molar-refractivity contribution >= 4 is 37.8 Å². The SMILES string of the molecule is O=C(NCc1cc(Br)cc2c1OCC2)c1ccc(Br)cc1. The summed E-state index contributed by atoms with van der Waals surface area (Å²) in [4.78, 5) is 12.1. The first-order chi connectivity index (χ1) is 10.1. The molecule has 0 aliphatic carbocycles. The van der Waals surface area contributed by atoms with Crippen molar-refractivity contribution in [2.75, 3.05) is 6.61 Å². The van der Waals surface area contributed by atoms with Crippen LogP contribution >= 0.6 is 31.9 Å². The Labute approximate surface area is 140 Å². The highest BCUT2D eigenvalue weighted by Gasteiger charge is 2.18. The minimum Gasteiger partial charge on any atom is -0.493 e. The number of hydrogen-bond donors (Lipinski definition) is 1. The van der Waals surface area contributed by atoms with Gasteiger partial charge in [-0.1, -0.05) is 31.9 Å². The van der Waals surface area contributed by atoms with E-state index >= 15 is 0 Å². The van der Waals surface area contributed by atoms with E-state index in [-0.39, 0.29) is 5.91 Å². The predicted octanol–water partition coefficient (Wildman–Crippen LogP) is 4.08. The van der Waals surface area contributed by atoms with Crippen molar-refractivity contribution in [1.29, 1.82) is 0 Å². The van der Waals surface area contributed by atoms with Crippen LogP contribution in [0.4, 0.5) is 0 Å². The van der Waals surface area contributed by atoms with Crippen LogP contribution in [0.2, 0.25) is 0 Å². The lowest BCUT2D eigenvalue weighted by Crippen LogP contribution is -2.23. The molecular weight excluding hydrogens is 398 g/mol. The lowest BCUT2D eigenvalue weighted by Gasteiger charge is -2.10. The molecule has 1 heterocycles. The second-order valence-electron chi connectivity index (χ2n) is 4.84. The molecule has 0 saturated carbocycles. The van der Waals surface area contributed by atoms with E-state index < -0.39 is 0 Å². The normalized spacial score (nSPS) is 12.7. The Morgan fingerprint density at radius 2 is 1.90 bits per heavy atom. The zero-order chi connectivity index (χ0) is 14.8. The summed E-state index contributed by atoms with van der Waals surface area (Å²) >= 11 is 6.86. The van der Waals surface area contributed by atoms with Crippen LogP contribution < -0.4 is 10.1 Å². The van der Waals surface area contributed by atoms with Gasteiger partial charge in [-0.3, -0.25) is 4.79 Å². The van der Waals surface area contributed by atoms with Crippen LogP contribution in [0, 0.1) is 0 Å². The number of benzene rings is 2. The molecule has 0 saturated heterocycles. The molecule has 0 aromatic heterocycles. The molecule has 1 aliphatic rings. The number of carbonyl (C=O) groups excluding carboxylic acids is 1. The highest BCUT2D eigenvalue weighted by atomic mass is 79.9. The van der Waals surface area contributed by atoms with Gasteiger partial charge in [0.25, 0.3) is 5.91 Å². The maximum atomic E-state index is 12.1. The van der Waals surface area contributed by atoms with Crippen LogP contribution in [0.15, 0.2) is 45.3 Å². The molecule has 3 rings (SSSR count). The van der Waals surface area contributed by atoms with Crippen LogP contribution in [0.3, 0.4) is 0 Å². The summed E-state index contributed by atoms with van der Waals surface area (Å²) < 4.78 is 7.63. The molecule has 1 aliphatic heterocycles. The van der Waals surface area contributed by atoms with Gasteiger partial charge in [0.05, 0.1) is 6.61 Å². The molecular formula is C16H13Br2NO2. The fourth-order valence-corrected chi connectivity index (χ4v) is 3.17. The lowest BCUT2D eigenvalue weighted by atomic mass is 10.1. The second-order valence-corrected chi connectivity index (χ2v) is 6.67. The minimum absolute atomic E-state index is 0.0887. The Morgan fingerprint density at radius 1 is 1.14 bits per heavy atom. The van der Waals surface area contributed by atoms with Crippen molar-refractivity contribution in [3.8, 4) is 5.75 Å². The van der Waals surface area contributed by atoms with E-state index in [1.54, 1.807) is 12.1 Å². The average Bonchev–Trinajstić information content (AvgIpc) is 2.93. The van der Waals surface area contributed by atoms with Crippen molar-refractivity contribution in [1.82, 2.24) is 5.32 Å². The van der Waals surface area contributed by atoms with E-state index in [1.165, 1.54) is 5.56 Å². The summed E-state index contributed by atoms with van der Waals surface area (Å²) in [5, 5.41) is 2.94. The van der Waals surface area contributed by atoms with E-state index in [9.17, 15) is 4.79 Å². The summed E-state index contributed by atoms with van der Waals surface area (Å²) in [6, 6.07) is 11.4. The minimum atomic E-state index is -0.0887. The largest absolute Gasteiger partial charge is 0.493 e. The number of ether oxygens (including phenoxy) is 1. The molecule has 108 valence electrons. The zero-order valence-electron chi connectivity index (χ0n) is 11.2. The molecule has 0 unspecified atom stereocenters. The van der Waals surface area contributed by atoms with Gasteiger partial charge < -0.3 is 10.1 Å². The first-order valence-corrected chi connectivity index (χ1v) is 8.20. The monoisotopic (exact) mass is 409 g/mol. The first-order valence-electron chi connectivity index (χ1n) is 6.61. The maximum absolute atomic E-state index is 12.1. The van der Waals surface area contributed by atoms with Gasteiger partial charge in [-0.05, 0) is 42.0 Å². The lowest BCUT2D eigenvalue weighted by molar-refractivity contribution is 0.0950. The van der Waals surface area contributed by atoms with Crippen molar-refractivity contribution in [3.63, 3.8) is 0 Å². The second kappa shape index (κ2) is 6.20. The van der Waals surface area contributed by atoms with Crippen LogP contribution in [0.25, 0.3) is 0 Å². The van der Waals surface area contributed by atoms with Crippen molar-refractivity contribution in [3.05, 3.63) is 62.0 Å². The van der Waals surface area contributed by atoms with Gasteiger partial charge in [-0.25, -0.2) is 0 Å². The Kier molecular flexibility index (Phi) is 4.31. The van der Waals surface area contributed by atoms with Crippen LogP contribution in [0.5, 0.6) is 5.75 Å². The number of rotatable bonds is 3. The standard InChI is InChI=1S/C16H13Br2NO2/c17-13-3-1-10(2-4-13)16(20)19-9-12-8-14(18)7-11-5-6-21-15(11)12/h1-4,7-8H,5-6,9H2,(H,19,20). The number of amides is 1. The molecule has 0 spiro atoms. The smallest absolute Gasteiger partial charge is 0.251 e. The molecule has 2 aromatic carbocycles. The molecule has 0 atom stereocenters. The molecule has 2 aromatic rings. The maximum Gasteiger partial charge on any atom is 0.251 e. The van der Waals surface area contributed by atoms with Gasteiger partial charge in [0.15, 0.2) is 0 Å². The van der Waals surface area contributed by atoms with E-state index in [0.29, 0.717) is 18.7 Å². The Morgan fingerprint density at radius 3 is 2.67 bits per heavy atom. The van der Waals surface area contributed by atoms with Gasteiger partial charge >= 0.3 is 0 Å². The first kappa shape index (κ1) is 14.6. The number of hydrogen-bond acceptors (Lipinski definition) is 2. The molecule has 0 bridgehead atoms. The van der Waals surface area contributed by atoms with E-state index in [1.807, 2.05) is 18.2 Å². The number of carbonyl (C=O) groups is 1. The van der Waals surface area contributed by atoms with E-state index in [0.717, 1.165) is 26.7 Å². The molecule has 3 nitrogen and oxygen atoms in total. The van der Waals surface area contributed by atoms with Gasteiger partial charge in [-0.2, -0.15) is 0 Å². The third kappa shape index (κ3) is 3.30. The predicted molar refractivity (Wildman–Crippen MR) is 88.7 cm³/mol. The van der Waals surface area contributed by atoms with Crippen LogP contribution in [-0.4, -0.2) is 12.5 Å². The van der Waals surface area contributed by atoms with E-state index in [4.69, 9.17) is 4.74 Å². The van der Waals surface area contributed by atoms with E-state index in [2.05, 4.69) is 43.2 Å². The Bertz CT molecular complexity index is 683. The molecule has 1 amide bonds. The average molecular weight is 411 g/mol. The zero-order valence-corrected chi connectivity index (χ0v) is 14.3. The fourth-order valence-electron chi connectivity index (χ4n) is 2.36. The molecule has 0 radical (unpaired) electrons. The van der Waals surface area contributed by atoms with Crippen LogP contribution in [0.1, 0.15) is 21.5 Å². The van der Waals surface area contributed by atoms with Gasteiger partial charge in [0.2, 0.25) is 0 Å². The van der Waals surface area contributed by atoms with Crippen LogP contribution in [-0.2, 0) is 13.0 Å². The van der Waals surface area contributed by atoms with Crippen molar-refractivity contribution < 1.29 is 9.53 Å². The molecule has 21 heavy (non-hydrogen) atoms. The third-order valence-electron chi connectivity index (χ3n) is 3.37. The number of fused-ring (bicyclic) bond motifs is 1. The summed E-state index contributed by atoms with van der Waals surface area (Å²) in [6.07, 6.45) is 0.919. The highest BCUT2D eigenvalue weighted by Crippen LogP contribution is 2.32. The summed E-state index contributed by atoms with van der Waals surface area (Å²) in [5.41, 5.74) is 2.84. The van der Waals surface area contributed by atoms with Gasteiger partial charge in [-0.15, -0.1) is 0 Å². The number of halogens is 2. The Hall–Kier alpha value is -1.33. The summed E-state index contributed by atoms with van der Waals surface area (Å²) in [6.45, 7) is 1.16. The topological polar surface area (TPSA) is 38.3 Å². The third-order valence-corrected chi connectivity index (χ3v) is 4.36. The van der Waals surface area contributed by atoms with Gasteiger partial charge in [0, 0.05) is 33.0 Å². The number of nitrogens with one attached hydrogen (secondary N) is 1. The summed E-state index contributed by atoms with van der Waals surface area (Å²) in [7, 11) is 0. The molecule has 1 N–H and O–H groups in total. The van der Waals surface area contributed by atoms with Gasteiger partial charge in [0.1, 0.15) is 5.75 Å². The fraction of sp³-hybridized carbons (Fsp3) is 0.188. The van der Waals surface area contributed by atoms with Crippen molar-refractivity contribution in [2.45, 2.75) is 13.0 Å². The molecule has 0 fully saturated rings. The van der Waals surface area contributed by atoms with Crippen molar-refractivity contribution in [2.24, 2.45) is 0 Å². The molecule has 5 heteroatoms. The summed E-state index contributed by atoms with van der Waals surface area (Å²) in [5.74, 6) is 0.823. The Balaban J connectivity index is 1.73.